The predicted octanol–water partition coefficient (Wildman–Crippen LogP) is 10.0. The molecular weight excluding hydrogens is 470 g/mol. The van der Waals surface area contributed by atoms with Crippen LogP contribution in [-0.4, -0.2) is 15.4 Å². The average molecular weight is 539 g/mol. The molecule has 7 rings (SSSR count). The normalized spacial score (nSPS) is 62.9. The maximum Gasteiger partial charge on any atom is 0.0969 e. The van der Waals surface area contributed by atoms with E-state index in [-0.39, 0.29) is 10.1 Å². The second kappa shape index (κ2) is 10.4. The second-order valence-corrected chi connectivity index (χ2v) is 9.22. The van der Waals surface area contributed by atoms with Crippen molar-refractivity contribution >= 4 is 31.5 Å². The van der Waals surface area contributed by atoms with Gasteiger partial charge in [-0.15, -0.1) is 21.5 Å². The molecule has 2 aromatic heterocycles. The molecule has 3 aliphatic rings. The summed E-state index contributed by atoms with van der Waals surface area (Å²) in [5.41, 5.74) is -6.31. The lowest BCUT2D eigenvalue weighted by Gasteiger charge is -2.35. The average Bonchev–Trinajstić information content (AvgIpc) is 3.58. The maximum absolute atomic E-state index is 10.3. The smallest absolute Gasteiger partial charge is 0.0969 e. The Hall–Kier alpha value is -2.33. The summed E-state index contributed by atoms with van der Waals surface area (Å²) in [6, 6.07) is 6.13. The molecule has 0 N–H and O–H groups in total. The quantitative estimate of drug-likeness (QED) is 0.259. The van der Waals surface area contributed by atoms with Crippen molar-refractivity contribution < 1.29 is 39.8 Å². The van der Waals surface area contributed by atoms with E-state index in [2.05, 4.69) is 15.4 Å². The molecule has 37 heavy (non-hydrogen) atoms. The van der Waals surface area contributed by atoms with Gasteiger partial charge in [0.1, 0.15) is 0 Å². The van der Waals surface area contributed by atoms with E-state index in [9.17, 15) is 15.1 Å². The lowest BCUT2D eigenvalue weighted by molar-refractivity contribution is 0.419. The van der Waals surface area contributed by atoms with Crippen molar-refractivity contribution in [3.05, 3.63) is 53.2 Å². The Labute approximate surface area is 265 Å². The number of nitrogens with zero attached hydrogens (tertiary/aromatic N) is 3. The Bertz CT molecular complexity index is 2660. The molecule has 2 aromatic carbocycles. The molecule has 0 radical (unpaired) electrons. The largest absolute Gasteiger partial charge is 0.139 e. The number of rotatable bonds is 4. The van der Waals surface area contributed by atoms with E-state index in [1.807, 2.05) is 0 Å². The summed E-state index contributed by atoms with van der Waals surface area (Å²) in [6.07, 6.45) is -56.2. The number of benzene rings is 2. The molecule has 4 aromatic rings. The topological polar surface area (TPSA) is 38.7 Å². The van der Waals surface area contributed by atoms with Crippen molar-refractivity contribution in [3.63, 3.8) is 0 Å². The van der Waals surface area contributed by atoms with Gasteiger partial charge < -0.3 is 0 Å². The van der Waals surface area contributed by atoms with Crippen LogP contribution in [0.25, 0.3) is 31.4 Å². The van der Waals surface area contributed by atoms with Gasteiger partial charge in [0.2, 0.25) is 0 Å². The van der Waals surface area contributed by atoms with Crippen LogP contribution in [0.4, 0.5) is 0 Å². The summed E-state index contributed by atoms with van der Waals surface area (Å²) < 4.78 is 264. The lowest BCUT2D eigenvalue weighted by Crippen LogP contribution is -2.17. The molecule has 0 aliphatic heterocycles. The molecule has 0 spiro atoms. The molecule has 4 heteroatoms. The van der Waals surface area contributed by atoms with Crippen LogP contribution in [0, 0.1) is 0 Å². The molecular formula is C33H39N3S. The van der Waals surface area contributed by atoms with Gasteiger partial charge in [-0.1, -0.05) is 75.6 Å². The van der Waals surface area contributed by atoms with E-state index >= 15 is 0 Å². The molecule has 192 valence electrons. The van der Waals surface area contributed by atoms with Crippen LogP contribution < -0.4 is 0 Å². The molecule has 2 heterocycles. The highest BCUT2D eigenvalue weighted by Crippen LogP contribution is 2.55. The van der Waals surface area contributed by atoms with Crippen LogP contribution in [0.5, 0.6) is 0 Å². The first kappa shape index (κ1) is 8.10. The maximum atomic E-state index is 10.3. The Kier molecular flexibility index (Phi) is 2.28. The van der Waals surface area contributed by atoms with E-state index in [1.165, 1.54) is 24.3 Å². The zero-order chi connectivity index (χ0) is 50.6. The van der Waals surface area contributed by atoms with E-state index in [0.717, 1.165) is 12.3 Å². The number of thiophene rings is 1. The van der Waals surface area contributed by atoms with Crippen molar-refractivity contribution in [1.29, 1.82) is 0 Å². The molecule has 5 unspecified atom stereocenters. The minimum absolute atomic E-state index is 0.0295. The van der Waals surface area contributed by atoms with Gasteiger partial charge in [-0.25, -0.2) is 0 Å². The first-order valence-corrected chi connectivity index (χ1v) is 12.2. The summed E-state index contributed by atoms with van der Waals surface area (Å²) in [6.45, 7) is 0. The van der Waals surface area contributed by atoms with Gasteiger partial charge in [0.05, 0.1) is 11.9 Å². The Morgan fingerprint density at radius 2 is 1.49 bits per heavy atom. The summed E-state index contributed by atoms with van der Waals surface area (Å²) in [7, 11) is 0. The van der Waals surface area contributed by atoms with E-state index in [0.29, 0.717) is 11.3 Å². The zero-order valence-electron chi connectivity index (χ0n) is 48.1. The fourth-order valence-corrected chi connectivity index (χ4v) is 6.00. The molecule has 3 fully saturated rings. The van der Waals surface area contributed by atoms with Crippen LogP contribution in [-0.2, 0) is 0 Å². The van der Waals surface area contributed by atoms with E-state index in [4.69, 9.17) is 24.7 Å². The summed E-state index contributed by atoms with van der Waals surface area (Å²) in [5, 5.41) is 10.1. The molecule has 0 amide bonds. The van der Waals surface area contributed by atoms with Crippen LogP contribution in [0.1, 0.15) is 170 Å². The Morgan fingerprint density at radius 1 is 0.757 bits per heavy atom. The van der Waals surface area contributed by atoms with Crippen molar-refractivity contribution in [2.75, 3.05) is 0 Å². The highest BCUT2D eigenvalue weighted by atomic mass is 32.1. The first-order valence-electron chi connectivity index (χ1n) is 26.0. The van der Waals surface area contributed by atoms with Crippen molar-refractivity contribution in [2.24, 2.45) is 0 Å². The molecule has 3 aliphatic carbocycles. The van der Waals surface area contributed by atoms with Crippen LogP contribution in [0.3, 0.4) is 0 Å². The monoisotopic (exact) mass is 538 g/mol. The SMILES string of the molecule is [2H]C1C([2H])([2H])C([2H])([2H])C([2H])([2H])C([2H])([2H])C1([2H])c1c(-c2ccnnn2)c(C2([2H])CC([2H])([2H])C([2H])([2H])C([2H])([2H])C2([2H])[2H])c2c(sc3ccccc32)c1C1([2H])C([2H])C([2H])([2H])C([2H])([2H])C([2H])([2H])C1([2H])[2H]. The van der Waals surface area contributed by atoms with Gasteiger partial charge in [0.15, 0.2) is 0 Å². The molecule has 0 bridgehead atoms. The standard InChI is InChI=1S/C33H39N3S/c1-4-12-22(13-5-1)28-30(24-16-8-3-9-17-24)33-31(25-18-10-11-19-27(25)37-33)29(23-14-6-2-7-15-23)32(28)26-20-21-34-36-35-26/h10-11,18-24H,1-9,12-17H2/i1D2,2D2,3D2,4D2,5D2,6D2,7D2,8D2,9D2,12D,13D2,14D2,16D,17D2,22D,23D,24D. The van der Waals surface area contributed by atoms with Gasteiger partial charge in [-0.3, -0.25) is 0 Å². The number of hydrogen-bond acceptors (Lipinski definition) is 4. The predicted molar refractivity (Wildman–Crippen MR) is 156 cm³/mol. The molecule has 3 nitrogen and oxygen atoms in total. The lowest BCUT2D eigenvalue weighted by atomic mass is 9.69. The zero-order valence-corrected chi connectivity index (χ0v) is 19.9. The minimum Gasteiger partial charge on any atom is -0.139 e. The minimum atomic E-state index is -4.39. The van der Waals surface area contributed by atoms with Crippen molar-refractivity contribution in [3.8, 4) is 11.3 Å². The molecule has 0 saturated heterocycles. The Morgan fingerprint density at radius 3 is 2.27 bits per heavy atom. The Balaban J connectivity index is 1.95. The van der Waals surface area contributed by atoms with Crippen molar-refractivity contribution in [2.45, 2.75) is 113 Å². The van der Waals surface area contributed by atoms with Crippen LogP contribution >= 0.6 is 11.3 Å². The third-order valence-corrected chi connectivity index (χ3v) is 7.34. The summed E-state index contributed by atoms with van der Waals surface area (Å²) in [4.78, 5) is 0. The first-order chi connectivity index (χ1) is 29.3. The third kappa shape index (κ3) is 4.30. The van der Waals surface area contributed by atoms with Gasteiger partial charge >= 0.3 is 0 Å². The molecule has 3 saturated carbocycles. The van der Waals surface area contributed by atoms with Gasteiger partial charge in [-0.05, 0) is 90.1 Å². The van der Waals surface area contributed by atoms with Gasteiger partial charge in [0.25, 0.3) is 0 Å². The summed E-state index contributed by atoms with van der Waals surface area (Å²) in [5.74, 6) is -12.0. The number of hydrogen-bond donors (Lipinski definition) is 0. The van der Waals surface area contributed by atoms with Crippen LogP contribution in [0.2, 0.25) is 0 Å². The third-order valence-electron chi connectivity index (χ3n) is 6.15. The summed E-state index contributed by atoms with van der Waals surface area (Å²) >= 11 is 0.389. The highest BCUT2D eigenvalue weighted by molar-refractivity contribution is 7.26. The number of aromatic nitrogens is 3. The number of fused-ring (bicyclic) bond motifs is 3. The van der Waals surface area contributed by atoms with Gasteiger partial charge in [0, 0.05) is 65.5 Å². The van der Waals surface area contributed by atoms with Gasteiger partial charge in [-0.2, -0.15) is 0 Å². The van der Waals surface area contributed by atoms with E-state index < -0.39 is 151 Å². The van der Waals surface area contributed by atoms with Crippen molar-refractivity contribution in [1.82, 2.24) is 15.4 Å². The van der Waals surface area contributed by atoms with E-state index in [1.54, 1.807) is 0 Å². The fourth-order valence-electron chi connectivity index (χ4n) is 4.72. The molecule has 5 atom stereocenters. The highest BCUT2D eigenvalue weighted by Gasteiger charge is 2.35. The fraction of sp³-hybridized carbons (Fsp3) is 0.545. The second-order valence-electron chi connectivity index (χ2n) is 8.17. The van der Waals surface area contributed by atoms with Crippen LogP contribution in [0.15, 0.2) is 36.5 Å².